The highest BCUT2D eigenvalue weighted by Gasteiger charge is 2.21. The minimum absolute atomic E-state index is 0.310. The molecule has 1 aromatic carbocycles. The zero-order chi connectivity index (χ0) is 12.3. The molecule has 2 atom stereocenters. The lowest BCUT2D eigenvalue weighted by Gasteiger charge is -2.35. The minimum Gasteiger partial charge on any atom is -0.327 e. The van der Waals surface area contributed by atoms with Crippen molar-refractivity contribution in [1.82, 2.24) is 4.90 Å². The van der Waals surface area contributed by atoms with Crippen molar-refractivity contribution >= 4 is 0 Å². The molecule has 1 fully saturated rings. The van der Waals surface area contributed by atoms with Crippen LogP contribution in [0.15, 0.2) is 24.3 Å². The SMILES string of the molecule is CC(c1ccc(C#N)cc1)N1CCCC(N)C1. The molecule has 2 unspecified atom stereocenters. The average molecular weight is 229 g/mol. The van der Waals surface area contributed by atoms with Crippen molar-refractivity contribution < 1.29 is 0 Å². The third kappa shape index (κ3) is 2.85. The Balaban J connectivity index is 2.07. The van der Waals surface area contributed by atoms with Crippen molar-refractivity contribution in [1.29, 1.82) is 5.26 Å². The molecule has 1 heterocycles. The highest BCUT2D eigenvalue weighted by atomic mass is 15.2. The molecule has 3 nitrogen and oxygen atoms in total. The second-order valence-corrected chi connectivity index (χ2v) is 4.81. The van der Waals surface area contributed by atoms with E-state index in [9.17, 15) is 0 Å². The predicted molar refractivity (Wildman–Crippen MR) is 68.4 cm³/mol. The van der Waals surface area contributed by atoms with Gasteiger partial charge in [0.1, 0.15) is 0 Å². The van der Waals surface area contributed by atoms with Gasteiger partial charge in [0.2, 0.25) is 0 Å². The van der Waals surface area contributed by atoms with E-state index in [1.165, 1.54) is 12.0 Å². The molecule has 0 bridgehead atoms. The van der Waals surface area contributed by atoms with Crippen LogP contribution in [0.3, 0.4) is 0 Å². The fourth-order valence-corrected chi connectivity index (χ4v) is 2.44. The summed E-state index contributed by atoms with van der Waals surface area (Å²) in [5, 5.41) is 8.77. The summed E-state index contributed by atoms with van der Waals surface area (Å²) < 4.78 is 0. The normalized spacial score (nSPS) is 23.0. The van der Waals surface area contributed by atoms with E-state index in [1.54, 1.807) is 0 Å². The predicted octanol–water partition coefficient (Wildman–Crippen LogP) is 2.04. The molecule has 1 aliphatic heterocycles. The van der Waals surface area contributed by atoms with E-state index in [1.807, 2.05) is 24.3 Å². The molecule has 0 radical (unpaired) electrons. The number of rotatable bonds is 2. The van der Waals surface area contributed by atoms with Gasteiger partial charge in [-0.3, -0.25) is 4.90 Å². The Bertz CT molecular complexity index is 404. The van der Waals surface area contributed by atoms with Gasteiger partial charge in [0.05, 0.1) is 11.6 Å². The summed E-state index contributed by atoms with van der Waals surface area (Å²) in [6.07, 6.45) is 2.32. The number of benzene rings is 1. The molecule has 2 rings (SSSR count). The zero-order valence-electron chi connectivity index (χ0n) is 10.3. The standard InChI is InChI=1S/C14H19N3/c1-11(17-8-2-3-14(16)10-17)13-6-4-12(9-15)5-7-13/h4-7,11,14H,2-3,8,10,16H2,1H3. The Hall–Kier alpha value is -1.37. The van der Waals surface area contributed by atoms with Gasteiger partial charge in [0, 0.05) is 18.6 Å². The van der Waals surface area contributed by atoms with Gasteiger partial charge in [0.15, 0.2) is 0 Å². The largest absolute Gasteiger partial charge is 0.327 e. The van der Waals surface area contributed by atoms with Crippen LogP contribution in [0.5, 0.6) is 0 Å². The van der Waals surface area contributed by atoms with Crippen LogP contribution in [0.25, 0.3) is 0 Å². The maximum absolute atomic E-state index is 8.77. The quantitative estimate of drug-likeness (QED) is 0.844. The molecule has 0 aliphatic carbocycles. The van der Waals surface area contributed by atoms with E-state index >= 15 is 0 Å². The fourth-order valence-electron chi connectivity index (χ4n) is 2.44. The van der Waals surface area contributed by atoms with Gasteiger partial charge in [-0.1, -0.05) is 12.1 Å². The topological polar surface area (TPSA) is 53.0 Å². The van der Waals surface area contributed by atoms with Gasteiger partial charge in [-0.25, -0.2) is 0 Å². The Labute approximate surface area is 103 Å². The second-order valence-electron chi connectivity index (χ2n) is 4.81. The summed E-state index contributed by atoms with van der Waals surface area (Å²) in [7, 11) is 0. The molecule has 0 aromatic heterocycles. The van der Waals surface area contributed by atoms with Crippen LogP contribution in [-0.2, 0) is 0 Å². The van der Waals surface area contributed by atoms with Crippen molar-refractivity contribution in [3.63, 3.8) is 0 Å². The van der Waals surface area contributed by atoms with Crippen molar-refractivity contribution in [3.05, 3.63) is 35.4 Å². The smallest absolute Gasteiger partial charge is 0.0991 e. The first-order chi connectivity index (χ1) is 8.20. The van der Waals surface area contributed by atoms with E-state index in [0.29, 0.717) is 12.1 Å². The molecule has 90 valence electrons. The van der Waals surface area contributed by atoms with Gasteiger partial charge in [-0.05, 0) is 44.0 Å². The van der Waals surface area contributed by atoms with Crippen LogP contribution in [0.4, 0.5) is 0 Å². The van der Waals surface area contributed by atoms with Gasteiger partial charge >= 0.3 is 0 Å². The first-order valence-electron chi connectivity index (χ1n) is 6.20. The Morgan fingerprint density at radius 1 is 1.41 bits per heavy atom. The summed E-state index contributed by atoms with van der Waals surface area (Å²) in [5.74, 6) is 0. The van der Waals surface area contributed by atoms with Crippen LogP contribution in [-0.4, -0.2) is 24.0 Å². The summed E-state index contributed by atoms with van der Waals surface area (Å²) in [5.41, 5.74) is 7.98. The molecule has 0 spiro atoms. The van der Waals surface area contributed by atoms with Gasteiger partial charge in [-0.2, -0.15) is 5.26 Å². The number of piperidine rings is 1. The molecular weight excluding hydrogens is 210 g/mol. The summed E-state index contributed by atoms with van der Waals surface area (Å²) in [6.45, 7) is 4.30. The maximum Gasteiger partial charge on any atom is 0.0991 e. The first-order valence-corrected chi connectivity index (χ1v) is 6.20. The number of hydrogen-bond acceptors (Lipinski definition) is 3. The number of likely N-dealkylation sites (tertiary alicyclic amines) is 1. The van der Waals surface area contributed by atoms with E-state index in [2.05, 4.69) is 17.9 Å². The van der Waals surface area contributed by atoms with Crippen molar-refractivity contribution in [2.75, 3.05) is 13.1 Å². The number of hydrogen-bond donors (Lipinski definition) is 1. The molecule has 17 heavy (non-hydrogen) atoms. The Kier molecular flexibility index (Phi) is 3.78. The van der Waals surface area contributed by atoms with Crippen molar-refractivity contribution in [2.24, 2.45) is 5.73 Å². The third-order valence-corrected chi connectivity index (χ3v) is 3.56. The van der Waals surface area contributed by atoms with Crippen LogP contribution < -0.4 is 5.73 Å². The van der Waals surface area contributed by atoms with Crippen LogP contribution in [0, 0.1) is 11.3 Å². The fraction of sp³-hybridized carbons (Fsp3) is 0.500. The van der Waals surface area contributed by atoms with Gasteiger partial charge < -0.3 is 5.73 Å². The van der Waals surface area contributed by atoms with Gasteiger partial charge in [-0.15, -0.1) is 0 Å². The third-order valence-electron chi connectivity index (χ3n) is 3.56. The molecule has 2 N–H and O–H groups in total. The van der Waals surface area contributed by atoms with Crippen LogP contribution >= 0.6 is 0 Å². The molecule has 1 aromatic rings. The van der Waals surface area contributed by atoms with Crippen molar-refractivity contribution in [2.45, 2.75) is 31.8 Å². The summed E-state index contributed by atoms with van der Waals surface area (Å²) in [6, 6.07) is 10.7. The monoisotopic (exact) mass is 229 g/mol. The lowest BCUT2D eigenvalue weighted by atomic mass is 10.0. The van der Waals surface area contributed by atoms with E-state index in [4.69, 9.17) is 11.0 Å². The maximum atomic E-state index is 8.77. The number of nitriles is 1. The molecule has 1 aliphatic rings. The average Bonchev–Trinajstić information content (AvgIpc) is 2.38. The second kappa shape index (κ2) is 5.31. The van der Waals surface area contributed by atoms with E-state index in [0.717, 1.165) is 25.1 Å². The Morgan fingerprint density at radius 2 is 2.12 bits per heavy atom. The first kappa shape index (κ1) is 12.1. The zero-order valence-corrected chi connectivity index (χ0v) is 10.3. The molecule has 1 saturated heterocycles. The highest BCUT2D eigenvalue weighted by Crippen LogP contribution is 2.23. The Morgan fingerprint density at radius 3 is 2.71 bits per heavy atom. The summed E-state index contributed by atoms with van der Waals surface area (Å²) >= 11 is 0. The number of nitrogens with two attached hydrogens (primary N) is 1. The van der Waals surface area contributed by atoms with Crippen LogP contribution in [0.2, 0.25) is 0 Å². The lowest BCUT2D eigenvalue weighted by Crippen LogP contribution is -2.43. The number of nitrogens with zero attached hydrogens (tertiary/aromatic N) is 2. The molecule has 0 saturated carbocycles. The molecular formula is C14H19N3. The molecule has 3 heteroatoms. The van der Waals surface area contributed by atoms with Gasteiger partial charge in [0.25, 0.3) is 0 Å². The minimum atomic E-state index is 0.310. The summed E-state index contributed by atoms with van der Waals surface area (Å²) in [4.78, 5) is 2.43. The lowest BCUT2D eigenvalue weighted by molar-refractivity contribution is 0.159. The van der Waals surface area contributed by atoms with E-state index < -0.39 is 0 Å². The molecule has 0 amide bonds. The van der Waals surface area contributed by atoms with E-state index in [-0.39, 0.29) is 0 Å². The van der Waals surface area contributed by atoms with Crippen molar-refractivity contribution in [3.8, 4) is 6.07 Å². The highest BCUT2D eigenvalue weighted by molar-refractivity contribution is 5.32. The van der Waals surface area contributed by atoms with Crippen LogP contribution in [0.1, 0.15) is 36.9 Å².